The van der Waals surface area contributed by atoms with E-state index >= 15 is 0 Å². The Balaban J connectivity index is 3.60. The van der Waals surface area contributed by atoms with Gasteiger partial charge in [-0.25, -0.2) is 0 Å². The Labute approximate surface area is 87.9 Å². The highest BCUT2D eigenvalue weighted by atomic mass is 16.6. The molecule has 0 aliphatic rings. The van der Waals surface area contributed by atoms with Crippen LogP contribution in [0.1, 0.15) is 10.4 Å². The van der Waals surface area contributed by atoms with Crippen molar-refractivity contribution in [2.24, 2.45) is 5.73 Å². The van der Waals surface area contributed by atoms with E-state index in [0.717, 1.165) is 12.1 Å². The molecule has 0 saturated carbocycles. The second-order valence-corrected chi connectivity index (χ2v) is 2.77. The van der Waals surface area contributed by atoms with Gasteiger partial charge in [-0.2, -0.15) is 0 Å². The molecule has 0 aromatic heterocycles. The quantitative estimate of drug-likeness (QED) is 0.425. The van der Waals surface area contributed by atoms with Gasteiger partial charge in [0, 0.05) is 6.07 Å². The molecule has 0 aliphatic heterocycles. The summed E-state index contributed by atoms with van der Waals surface area (Å²) in [5.74, 6) is -1.08. The molecule has 1 aromatic carbocycles. The van der Waals surface area contributed by atoms with Gasteiger partial charge < -0.3 is 11.5 Å². The van der Waals surface area contributed by atoms with Gasteiger partial charge in [-0.05, 0) is 6.07 Å². The van der Waals surface area contributed by atoms with Crippen molar-refractivity contribution in [1.29, 1.82) is 0 Å². The SMILES string of the molecule is NC(=O)c1ccc([N+](=O)[O-])c(N)c1[N+](=O)[O-]. The lowest BCUT2D eigenvalue weighted by molar-refractivity contribution is -0.392. The maximum atomic E-state index is 10.9. The topological polar surface area (TPSA) is 155 Å². The maximum absolute atomic E-state index is 10.9. The Bertz CT molecular complexity index is 498. The number of benzene rings is 1. The van der Waals surface area contributed by atoms with Crippen LogP contribution in [0.15, 0.2) is 12.1 Å². The van der Waals surface area contributed by atoms with E-state index in [-0.39, 0.29) is 0 Å². The van der Waals surface area contributed by atoms with Crippen LogP contribution >= 0.6 is 0 Å². The fourth-order valence-corrected chi connectivity index (χ4v) is 1.15. The molecule has 84 valence electrons. The fraction of sp³-hybridized carbons (Fsp3) is 0. The van der Waals surface area contributed by atoms with E-state index in [2.05, 4.69) is 0 Å². The summed E-state index contributed by atoms with van der Waals surface area (Å²) in [6.45, 7) is 0. The number of amides is 1. The van der Waals surface area contributed by atoms with E-state index in [1.54, 1.807) is 0 Å². The molecule has 16 heavy (non-hydrogen) atoms. The van der Waals surface area contributed by atoms with Crippen molar-refractivity contribution in [2.45, 2.75) is 0 Å². The molecular weight excluding hydrogens is 220 g/mol. The van der Waals surface area contributed by atoms with Gasteiger partial charge in [-0.1, -0.05) is 0 Å². The fourth-order valence-electron chi connectivity index (χ4n) is 1.15. The lowest BCUT2D eigenvalue weighted by atomic mass is 10.1. The largest absolute Gasteiger partial charge is 0.387 e. The number of nitrogens with two attached hydrogens (primary N) is 2. The smallest absolute Gasteiger partial charge is 0.311 e. The number of anilines is 1. The van der Waals surface area contributed by atoms with E-state index in [9.17, 15) is 25.0 Å². The molecule has 9 nitrogen and oxygen atoms in total. The minimum atomic E-state index is -1.08. The summed E-state index contributed by atoms with van der Waals surface area (Å²) < 4.78 is 0. The summed E-state index contributed by atoms with van der Waals surface area (Å²) in [5.41, 5.74) is 7.47. The molecule has 0 aliphatic carbocycles. The predicted octanol–water partition coefficient (Wildman–Crippen LogP) is 0.184. The molecule has 0 saturated heterocycles. The molecule has 0 bridgehead atoms. The minimum Gasteiger partial charge on any atom is -0.387 e. The number of nitro benzene ring substituents is 2. The van der Waals surface area contributed by atoms with Crippen LogP contribution in [-0.2, 0) is 0 Å². The van der Waals surface area contributed by atoms with Gasteiger partial charge in [0.25, 0.3) is 11.6 Å². The monoisotopic (exact) mass is 226 g/mol. The second kappa shape index (κ2) is 3.81. The third kappa shape index (κ3) is 1.73. The number of carbonyl (C=O) groups is 1. The number of nitro groups is 2. The summed E-state index contributed by atoms with van der Waals surface area (Å²) in [6, 6.07) is 1.79. The van der Waals surface area contributed by atoms with Crippen LogP contribution in [0.3, 0.4) is 0 Å². The normalized spacial score (nSPS) is 9.75. The van der Waals surface area contributed by atoms with E-state index < -0.39 is 38.4 Å². The highest BCUT2D eigenvalue weighted by Crippen LogP contribution is 2.33. The van der Waals surface area contributed by atoms with Gasteiger partial charge in [-0.3, -0.25) is 25.0 Å². The van der Waals surface area contributed by atoms with Gasteiger partial charge in [0.15, 0.2) is 5.69 Å². The van der Waals surface area contributed by atoms with Crippen LogP contribution < -0.4 is 11.5 Å². The van der Waals surface area contributed by atoms with Gasteiger partial charge in [0.1, 0.15) is 5.56 Å². The maximum Gasteiger partial charge on any atom is 0.311 e. The molecule has 0 unspecified atom stereocenters. The molecule has 0 spiro atoms. The van der Waals surface area contributed by atoms with Crippen molar-refractivity contribution in [3.8, 4) is 0 Å². The van der Waals surface area contributed by atoms with Crippen LogP contribution in [0, 0.1) is 20.2 Å². The molecule has 1 aromatic rings. The summed E-state index contributed by atoms with van der Waals surface area (Å²) >= 11 is 0. The van der Waals surface area contributed by atoms with Crippen molar-refractivity contribution >= 4 is 23.0 Å². The molecule has 1 rings (SSSR count). The lowest BCUT2D eigenvalue weighted by Crippen LogP contribution is -2.15. The average Bonchev–Trinajstić information content (AvgIpc) is 2.15. The van der Waals surface area contributed by atoms with Crippen LogP contribution in [0.5, 0.6) is 0 Å². The highest BCUT2D eigenvalue weighted by Gasteiger charge is 2.28. The first-order valence-corrected chi connectivity index (χ1v) is 3.87. The van der Waals surface area contributed by atoms with Crippen LogP contribution in [0.4, 0.5) is 17.1 Å². The minimum absolute atomic E-state index is 0.465. The summed E-state index contributed by atoms with van der Waals surface area (Å²) in [6.07, 6.45) is 0. The molecule has 0 atom stereocenters. The number of primary amides is 1. The Morgan fingerprint density at radius 3 is 2.12 bits per heavy atom. The third-order valence-electron chi connectivity index (χ3n) is 1.84. The molecule has 0 radical (unpaired) electrons. The first-order valence-electron chi connectivity index (χ1n) is 3.87. The summed E-state index contributed by atoms with van der Waals surface area (Å²) in [5, 5.41) is 21.1. The number of rotatable bonds is 3. The molecule has 0 fully saturated rings. The van der Waals surface area contributed by atoms with Crippen LogP contribution in [-0.4, -0.2) is 15.8 Å². The van der Waals surface area contributed by atoms with E-state index in [0.29, 0.717) is 0 Å². The highest BCUT2D eigenvalue weighted by molar-refractivity contribution is 6.00. The molecule has 0 heterocycles. The predicted molar refractivity (Wildman–Crippen MR) is 52.7 cm³/mol. The standard InChI is InChI=1S/C7H6N4O5/c8-5-4(10(13)14)2-1-3(7(9)12)6(5)11(15)16/h1-2H,8H2,(H2,9,12). The van der Waals surface area contributed by atoms with E-state index in [1.807, 2.05) is 0 Å². The molecular formula is C7H6N4O5. The summed E-state index contributed by atoms with van der Waals surface area (Å²) in [4.78, 5) is 30.1. The number of hydrogen-bond donors (Lipinski definition) is 2. The number of hydrogen-bond acceptors (Lipinski definition) is 6. The van der Waals surface area contributed by atoms with Gasteiger partial charge >= 0.3 is 5.69 Å². The van der Waals surface area contributed by atoms with Crippen LogP contribution in [0.25, 0.3) is 0 Å². The molecule has 4 N–H and O–H groups in total. The number of nitrogen functional groups attached to an aromatic ring is 1. The van der Waals surface area contributed by atoms with Gasteiger partial charge in [-0.15, -0.1) is 0 Å². The van der Waals surface area contributed by atoms with Gasteiger partial charge in [0.05, 0.1) is 9.85 Å². The second-order valence-electron chi connectivity index (χ2n) is 2.77. The van der Waals surface area contributed by atoms with Crippen molar-refractivity contribution in [3.63, 3.8) is 0 Å². The first-order chi connectivity index (χ1) is 7.36. The Morgan fingerprint density at radius 1 is 1.19 bits per heavy atom. The zero-order chi connectivity index (χ0) is 12.5. The van der Waals surface area contributed by atoms with Gasteiger partial charge in [0.2, 0.25) is 0 Å². The third-order valence-corrected chi connectivity index (χ3v) is 1.84. The van der Waals surface area contributed by atoms with E-state index in [1.165, 1.54) is 0 Å². The first kappa shape index (κ1) is 11.4. The molecule has 9 heteroatoms. The van der Waals surface area contributed by atoms with Crippen molar-refractivity contribution in [3.05, 3.63) is 37.9 Å². The molecule has 1 amide bonds. The van der Waals surface area contributed by atoms with Crippen molar-refractivity contribution < 1.29 is 14.6 Å². The Morgan fingerprint density at radius 2 is 1.75 bits per heavy atom. The zero-order valence-electron chi connectivity index (χ0n) is 7.75. The Hall–Kier alpha value is -2.71. The van der Waals surface area contributed by atoms with Crippen molar-refractivity contribution in [2.75, 3.05) is 5.73 Å². The Kier molecular flexibility index (Phi) is 2.70. The lowest BCUT2D eigenvalue weighted by Gasteiger charge is -2.02. The van der Waals surface area contributed by atoms with Crippen LogP contribution in [0.2, 0.25) is 0 Å². The summed E-state index contributed by atoms with van der Waals surface area (Å²) in [7, 11) is 0. The number of nitrogens with zero attached hydrogens (tertiary/aromatic N) is 2. The van der Waals surface area contributed by atoms with E-state index in [4.69, 9.17) is 11.5 Å². The number of carbonyl (C=O) groups excluding carboxylic acids is 1. The average molecular weight is 226 g/mol. The van der Waals surface area contributed by atoms with Crippen molar-refractivity contribution in [1.82, 2.24) is 0 Å². The zero-order valence-corrected chi connectivity index (χ0v) is 7.75.